The number of sulfonamides is 1. The number of benzene rings is 3. The zero-order valence-corrected chi connectivity index (χ0v) is 47.1. The Balaban J connectivity index is 0.758. The van der Waals surface area contributed by atoms with Gasteiger partial charge >= 0.3 is 29.2 Å². The van der Waals surface area contributed by atoms with E-state index in [0.717, 1.165) is 117 Å². The summed E-state index contributed by atoms with van der Waals surface area (Å²) in [5.74, 6) is 6.14. The molecule has 0 spiro atoms. The molecule has 6 aliphatic rings. The van der Waals surface area contributed by atoms with E-state index in [1.54, 1.807) is 0 Å². The van der Waals surface area contributed by atoms with Crippen molar-refractivity contribution in [3.8, 4) is 23.3 Å². The Morgan fingerprint density at radius 3 is 2.35 bits per heavy atom. The maximum Gasteiger partial charge on any atom is 0.490 e. The number of amides is 1. The van der Waals surface area contributed by atoms with Crippen LogP contribution in [0.4, 0.5) is 5.69 Å². The SMILES string of the molecule is O=C(CCCCCNS(=O)(=O)c1ccc(C2=c3cc4c5c(c3Oc3c2cc2c6c3CCCN6CCC2)CCC[N+]=5CCC4)c(S(=O)(=O)O)c1)NCC#Cc1cn([C@H]2CC[C@@H](COP(=O)(O)OP(=O)(O)OP(=O)(O)O)O2)c(=O)[nH]c1=O. The van der Waals surface area contributed by atoms with Gasteiger partial charge in [-0.25, -0.2) is 36.2 Å². The van der Waals surface area contributed by atoms with Crippen LogP contribution in [-0.2, 0) is 82.2 Å². The van der Waals surface area contributed by atoms with Crippen LogP contribution in [0.25, 0.3) is 5.57 Å². The average molecular weight is 1210 g/mol. The summed E-state index contributed by atoms with van der Waals surface area (Å²) in [6.45, 7) is 2.76. The lowest BCUT2D eigenvalue weighted by Gasteiger charge is -2.39. The number of hydrogen-bond acceptors (Lipinski definition) is 16. The smallest absolute Gasteiger partial charge is 0.455 e. The standard InChI is InChI=1S/C49H57N6O20P3S2/c56-41(50-19-4-9-32-28-55(49(58)52-48(32)57)42-18-15-33(72-42)29-71-77(62,63)75-78(64,65)74-76(59,60)61)14-2-1-3-20-51-79(66,67)34-16-17-35(40(27-34)80(68,69)70)43-38-25-30-10-5-21-53-23-7-12-36(44(30)53)46(38)73-47-37-13-8-24-54-22-6-11-31(45(37)54)26-39(43)47/h16-17,25-28,33,42,51H,1-3,5-8,10-15,18-24,29H2,(H6-,50,52,56,57,58,59,60,61,62,63,64,65,68,69,70)/p+1/t33-,42+/m0/s1. The third kappa shape index (κ3) is 12.7. The lowest BCUT2D eigenvalue weighted by molar-refractivity contribution is -0.120. The van der Waals surface area contributed by atoms with Crippen LogP contribution in [0.1, 0.15) is 109 Å². The van der Waals surface area contributed by atoms with Crippen LogP contribution in [-0.4, -0.2) is 108 Å². The number of fused-ring (bicyclic) bond motifs is 4. The van der Waals surface area contributed by atoms with Gasteiger partial charge in [-0.05, 0) is 94.0 Å². The predicted molar refractivity (Wildman–Crippen MR) is 284 cm³/mol. The Kier molecular flexibility index (Phi) is 16.6. The molecular weight excluding hydrogens is 1150 g/mol. The van der Waals surface area contributed by atoms with E-state index in [9.17, 15) is 59.3 Å². The molecule has 4 aromatic rings. The fraction of sp³-hybridized carbons (Fsp3) is 0.469. The van der Waals surface area contributed by atoms with Crippen LogP contribution in [0, 0.1) is 11.8 Å². The number of anilines is 1. The highest BCUT2D eigenvalue weighted by molar-refractivity contribution is 7.89. The van der Waals surface area contributed by atoms with Gasteiger partial charge in [-0.1, -0.05) is 24.3 Å². The number of ether oxygens (including phenoxy) is 2. The normalized spacial score (nSPS) is 20.0. The summed E-state index contributed by atoms with van der Waals surface area (Å²) in [5, 5.41) is 4.48. The molecule has 1 aromatic heterocycles. The number of nitrogens with one attached hydrogen (secondary N) is 3. The van der Waals surface area contributed by atoms with Gasteiger partial charge in [-0.2, -0.15) is 17.0 Å². The third-order valence-electron chi connectivity index (χ3n) is 14.7. The fourth-order valence-corrected chi connectivity index (χ4v) is 16.4. The molecule has 10 rings (SSSR count). The number of nitrogens with zero attached hydrogens (tertiary/aromatic N) is 3. The fourth-order valence-electron chi connectivity index (χ4n) is 11.4. The van der Waals surface area contributed by atoms with Crippen molar-refractivity contribution in [1.29, 1.82) is 0 Å². The lowest BCUT2D eigenvalue weighted by Crippen LogP contribution is -2.45. The first-order valence-electron chi connectivity index (χ1n) is 25.9. The summed E-state index contributed by atoms with van der Waals surface area (Å²) in [7, 11) is -26.1. The number of aromatic nitrogens is 2. The van der Waals surface area contributed by atoms with Crippen molar-refractivity contribution in [2.75, 3.05) is 50.8 Å². The topological polar surface area (TPSA) is 369 Å². The van der Waals surface area contributed by atoms with Crippen LogP contribution < -0.4 is 46.1 Å². The van der Waals surface area contributed by atoms with Gasteiger partial charge in [0.2, 0.25) is 21.3 Å². The molecular formula is C49H58N6O20P3S2+. The molecule has 1 fully saturated rings. The van der Waals surface area contributed by atoms with Gasteiger partial charge in [0.25, 0.3) is 15.7 Å². The average Bonchev–Trinajstić information content (AvgIpc) is 3.86. The van der Waals surface area contributed by atoms with Crippen molar-refractivity contribution in [3.63, 3.8) is 0 Å². The van der Waals surface area contributed by atoms with Gasteiger partial charge in [0.1, 0.15) is 41.3 Å². The zero-order valence-electron chi connectivity index (χ0n) is 42.8. The number of carbonyl (C=O) groups is 1. The number of unbranched alkanes of at least 4 members (excludes halogenated alkanes) is 2. The van der Waals surface area contributed by atoms with Gasteiger partial charge in [-0.3, -0.25) is 28.2 Å². The molecule has 7 heterocycles. The Bertz CT molecular complexity index is 3920. The number of rotatable bonds is 19. The third-order valence-corrected chi connectivity index (χ3v) is 20.8. The van der Waals surface area contributed by atoms with E-state index < -0.39 is 84.6 Å². The van der Waals surface area contributed by atoms with Crippen molar-refractivity contribution in [3.05, 3.63) is 107 Å². The molecule has 2 unspecified atom stereocenters. The molecule has 1 amide bonds. The number of phosphoric acid groups is 3. The van der Waals surface area contributed by atoms with Crippen molar-refractivity contribution in [2.45, 2.75) is 112 Å². The molecule has 0 saturated carbocycles. The number of phosphoric ester groups is 1. The first-order valence-corrected chi connectivity index (χ1v) is 33.4. The summed E-state index contributed by atoms with van der Waals surface area (Å²) >= 11 is 0. The molecule has 8 N–H and O–H groups in total. The second kappa shape index (κ2) is 22.9. The second-order valence-corrected chi connectivity index (χ2v) is 27.7. The van der Waals surface area contributed by atoms with Gasteiger partial charge in [0.15, 0.2) is 0 Å². The van der Waals surface area contributed by atoms with E-state index in [1.165, 1.54) is 23.2 Å². The Morgan fingerprint density at radius 1 is 0.850 bits per heavy atom. The molecule has 3 aromatic carbocycles. The number of aromatic amines is 1. The minimum absolute atomic E-state index is 0.0442. The molecule has 6 aliphatic heterocycles. The summed E-state index contributed by atoms with van der Waals surface area (Å²) < 4.78 is 131. The molecule has 4 atom stereocenters. The molecule has 1 saturated heterocycles. The van der Waals surface area contributed by atoms with Gasteiger partial charge in [0, 0.05) is 83.8 Å². The monoisotopic (exact) mass is 1210 g/mol. The predicted octanol–water partition coefficient (Wildman–Crippen LogP) is 2.25. The van der Waals surface area contributed by atoms with Gasteiger partial charge in [-0.15, -0.1) is 0 Å². The Hall–Kier alpha value is -5.17. The van der Waals surface area contributed by atoms with E-state index in [1.807, 2.05) is 0 Å². The van der Waals surface area contributed by atoms with Crippen LogP contribution in [0.3, 0.4) is 0 Å². The molecule has 80 heavy (non-hydrogen) atoms. The van der Waals surface area contributed by atoms with Crippen molar-refractivity contribution >= 4 is 60.8 Å². The number of carbonyl (C=O) groups excluding carboxylic acids is 1. The Morgan fingerprint density at radius 2 is 1.59 bits per heavy atom. The van der Waals surface area contributed by atoms with Crippen molar-refractivity contribution in [2.24, 2.45) is 0 Å². The van der Waals surface area contributed by atoms with E-state index >= 15 is 0 Å². The summed E-state index contributed by atoms with van der Waals surface area (Å²) in [5.41, 5.74) is 5.16. The number of aryl methyl sites for hydroxylation is 2. The highest BCUT2D eigenvalue weighted by atomic mass is 32.2. The molecule has 26 nitrogen and oxygen atoms in total. The quantitative estimate of drug-likeness (QED) is 0.0193. The van der Waals surface area contributed by atoms with E-state index in [2.05, 4.69) is 61.6 Å². The van der Waals surface area contributed by atoms with Crippen molar-refractivity contribution in [1.82, 2.24) is 24.2 Å². The minimum atomic E-state index is -5.74. The molecule has 0 bridgehead atoms. The highest BCUT2D eigenvalue weighted by Crippen LogP contribution is 2.66. The van der Waals surface area contributed by atoms with Crippen LogP contribution >= 0.6 is 23.5 Å². The van der Waals surface area contributed by atoms with Gasteiger partial charge < -0.3 is 39.3 Å². The van der Waals surface area contributed by atoms with Crippen LogP contribution in [0.5, 0.6) is 11.5 Å². The lowest BCUT2D eigenvalue weighted by atomic mass is 9.82. The van der Waals surface area contributed by atoms with Gasteiger partial charge in [0.05, 0.1) is 29.7 Å². The summed E-state index contributed by atoms with van der Waals surface area (Å²) in [4.78, 5) is 77.9. The first kappa shape index (κ1) is 58.0. The summed E-state index contributed by atoms with van der Waals surface area (Å²) in [6.07, 6.45) is 7.43. The van der Waals surface area contributed by atoms with E-state index in [4.69, 9.17) is 19.3 Å². The highest BCUT2D eigenvalue weighted by Gasteiger charge is 2.42. The first-order chi connectivity index (χ1) is 37.8. The minimum Gasteiger partial charge on any atom is -0.455 e. The number of hydrogen-bond donors (Lipinski definition) is 8. The molecule has 0 radical (unpaired) electrons. The maximum absolute atomic E-state index is 13.8. The van der Waals surface area contributed by atoms with Crippen LogP contribution in [0.2, 0.25) is 0 Å². The molecule has 430 valence electrons. The van der Waals surface area contributed by atoms with E-state index in [-0.39, 0.29) is 48.4 Å². The number of H-pyrrole nitrogens is 1. The Labute approximate surface area is 458 Å². The largest absolute Gasteiger partial charge is 0.490 e. The molecule has 0 aliphatic carbocycles. The zero-order chi connectivity index (χ0) is 56.9. The van der Waals surface area contributed by atoms with Crippen LogP contribution in [0.15, 0.2) is 55.9 Å². The van der Waals surface area contributed by atoms with E-state index in [0.29, 0.717) is 47.1 Å². The maximum atomic E-state index is 13.8. The second-order valence-electron chi connectivity index (χ2n) is 20.2. The van der Waals surface area contributed by atoms with Crippen molar-refractivity contribution < 1.29 is 82.1 Å². The molecule has 31 heteroatoms. The summed E-state index contributed by atoms with van der Waals surface area (Å²) in [6, 6.07) is 8.00.